The molecule has 0 bridgehead atoms. The number of hydrogen-bond donors (Lipinski definition) is 0. The summed E-state index contributed by atoms with van der Waals surface area (Å²) in [7, 11) is 0. The quantitative estimate of drug-likeness (QED) is 0.481. The summed E-state index contributed by atoms with van der Waals surface area (Å²) in [4.78, 5) is 21.8. The van der Waals surface area contributed by atoms with Gasteiger partial charge in [-0.25, -0.2) is 14.6 Å². The van der Waals surface area contributed by atoms with E-state index in [1.165, 1.54) is 11.3 Å². The molecule has 1 atom stereocenters. The number of nitriles is 1. The van der Waals surface area contributed by atoms with Crippen molar-refractivity contribution in [3.05, 3.63) is 82.6 Å². The van der Waals surface area contributed by atoms with Crippen LogP contribution in [0.2, 0.25) is 0 Å². The molecule has 28 heavy (non-hydrogen) atoms. The number of ketones is 1. The molecule has 6 nitrogen and oxygen atoms in total. The lowest BCUT2D eigenvalue weighted by Crippen LogP contribution is -2.13. The van der Waals surface area contributed by atoms with Gasteiger partial charge >= 0.3 is 0 Å². The summed E-state index contributed by atoms with van der Waals surface area (Å²) in [6, 6.07) is 21.0. The number of hydrogen-bond acceptors (Lipinski definition) is 6. The predicted octanol–water partition coefficient (Wildman–Crippen LogP) is 4.19. The highest BCUT2D eigenvalue weighted by atomic mass is 32.1. The van der Waals surface area contributed by atoms with Crippen LogP contribution in [0.3, 0.4) is 0 Å². The fourth-order valence-corrected chi connectivity index (χ4v) is 3.64. The summed E-state index contributed by atoms with van der Waals surface area (Å²) in [6.07, 6.45) is 0. The third-order valence-corrected chi connectivity index (χ3v) is 5.16. The van der Waals surface area contributed by atoms with Gasteiger partial charge in [-0.3, -0.25) is 4.79 Å². The van der Waals surface area contributed by atoms with Crippen molar-refractivity contribution in [2.24, 2.45) is 0 Å². The molecule has 0 aliphatic carbocycles. The van der Waals surface area contributed by atoms with E-state index in [-0.39, 0.29) is 5.82 Å². The number of thiazole rings is 1. The Bertz CT molecular complexity index is 1100. The van der Waals surface area contributed by atoms with Crippen LogP contribution in [0.15, 0.2) is 66.0 Å². The lowest BCUT2D eigenvalue weighted by Gasteiger charge is -2.05. The zero-order valence-corrected chi connectivity index (χ0v) is 15.8. The maximum absolute atomic E-state index is 13.0. The Morgan fingerprint density at radius 1 is 1.07 bits per heavy atom. The van der Waals surface area contributed by atoms with Crippen molar-refractivity contribution in [1.82, 2.24) is 19.7 Å². The van der Waals surface area contributed by atoms with Gasteiger partial charge in [0.15, 0.2) is 11.7 Å². The number of rotatable bonds is 5. The van der Waals surface area contributed by atoms with Crippen LogP contribution in [0.25, 0.3) is 17.1 Å². The van der Waals surface area contributed by atoms with Crippen molar-refractivity contribution in [2.45, 2.75) is 12.8 Å². The first-order valence-electron chi connectivity index (χ1n) is 8.61. The van der Waals surface area contributed by atoms with Crippen molar-refractivity contribution in [1.29, 1.82) is 5.26 Å². The van der Waals surface area contributed by atoms with Crippen molar-refractivity contribution in [2.75, 3.05) is 0 Å². The highest BCUT2D eigenvalue weighted by Crippen LogP contribution is 2.26. The molecular weight excluding hydrogens is 370 g/mol. The monoisotopic (exact) mass is 385 g/mol. The van der Waals surface area contributed by atoms with Crippen LogP contribution in [-0.2, 0) is 0 Å². The van der Waals surface area contributed by atoms with E-state index >= 15 is 0 Å². The van der Waals surface area contributed by atoms with Crippen molar-refractivity contribution < 1.29 is 4.79 Å². The van der Waals surface area contributed by atoms with Crippen LogP contribution in [0.4, 0.5) is 0 Å². The van der Waals surface area contributed by atoms with E-state index in [9.17, 15) is 10.1 Å². The molecule has 0 fully saturated rings. The number of carbonyl (C=O) groups excluding carboxylic acids is 1. The first-order chi connectivity index (χ1) is 13.7. The van der Waals surface area contributed by atoms with Crippen LogP contribution in [-0.4, -0.2) is 25.5 Å². The standard InChI is InChI=1S/C21H15N5OS/c1-14-13-28-21(23-14)17(12-22)18(27)19-24-20(15-8-4-2-5-9-15)26(25-19)16-10-6-3-7-11-16/h2-11,13,17H,1H3. The molecule has 0 spiro atoms. The SMILES string of the molecule is Cc1csc(C(C#N)C(=O)c2nc(-c3ccccc3)n(-c3ccccc3)n2)n1. The van der Waals surface area contributed by atoms with Gasteiger partial charge in [-0.05, 0) is 19.1 Å². The zero-order valence-electron chi connectivity index (χ0n) is 15.0. The van der Waals surface area contributed by atoms with Crippen molar-refractivity contribution >= 4 is 17.1 Å². The molecule has 2 aromatic carbocycles. The summed E-state index contributed by atoms with van der Waals surface area (Å²) in [5.74, 6) is -0.929. The van der Waals surface area contributed by atoms with Crippen LogP contribution in [0.5, 0.6) is 0 Å². The summed E-state index contributed by atoms with van der Waals surface area (Å²) in [5.41, 5.74) is 2.39. The Morgan fingerprint density at radius 2 is 1.75 bits per heavy atom. The topological polar surface area (TPSA) is 84.5 Å². The second-order valence-corrected chi connectivity index (χ2v) is 7.02. The molecule has 0 aliphatic heterocycles. The third-order valence-electron chi connectivity index (χ3n) is 4.14. The molecule has 4 aromatic rings. The van der Waals surface area contributed by atoms with Gasteiger partial charge in [0.1, 0.15) is 5.01 Å². The van der Waals surface area contributed by atoms with E-state index in [0.717, 1.165) is 16.9 Å². The lowest BCUT2D eigenvalue weighted by molar-refractivity contribution is 0.0969. The lowest BCUT2D eigenvalue weighted by atomic mass is 10.1. The van der Waals surface area contributed by atoms with Crippen molar-refractivity contribution in [3.8, 4) is 23.1 Å². The van der Waals surface area contributed by atoms with Crippen LogP contribution in [0.1, 0.15) is 27.2 Å². The molecule has 0 saturated heterocycles. The number of aryl methyl sites for hydroxylation is 1. The zero-order chi connectivity index (χ0) is 19.5. The largest absolute Gasteiger partial charge is 0.289 e. The minimum Gasteiger partial charge on any atom is -0.289 e. The summed E-state index contributed by atoms with van der Waals surface area (Å²) in [6.45, 7) is 1.83. The Kier molecular flexibility index (Phi) is 4.79. The van der Waals surface area contributed by atoms with Gasteiger partial charge in [0, 0.05) is 16.6 Å². The van der Waals surface area contributed by atoms with Gasteiger partial charge in [-0.2, -0.15) is 5.26 Å². The molecule has 0 amide bonds. The number of benzene rings is 2. The van der Waals surface area contributed by atoms with Gasteiger partial charge in [-0.1, -0.05) is 48.5 Å². The molecule has 2 aromatic heterocycles. The van der Waals surface area contributed by atoms with E-state index in [0.29, 0.717) is 10.8 Å². The number of carbonyl (C=O) groups is 1. The van der Waals surface area contributed by atoms with E-state index in [1.807, 2.05) is 79.0 Å². The van der Waals surface area contributed by atoms with Gasteiger partial charge in [0.25, 0.3) is 0 Å². The molecule has 0 saturated carbocycles. The Labute approximate surface area is 165 Å². The average molecular weight is 385 g/mol. The van der Waals surface area contributed by atoms with Crippen molar-refractivity contribution in [3.63, 3.8) is 0 Å². The van der Waals surface area contributed by atoms with E-state index in [4.69, 9.17) is 0 Å². The Balaban J connectivity index is 1.81. The normalized spacial score (nSPS) is 11.7. The van der Waals surface area contributed by atoms with Gasteiger partial charge in [-0.15, -0.1) is 16.4 Å². The fraction of sp³-hybridized carbons (Fsp3) is 0.0952. The van der Waals surface area contributed by atoms with Crippen LogP contribution in [0, 0.1) is 18.3 Å². The van der Waals surface area contributed by atoms with Gasteiger partial charge < -0.3 is 0 Å². The van der Waals surface area contributed by atoms with Gasteiger partial charge in [0.05, 0.1) is 11.8 Å². The van der Waals surface area contributed by atoms with E-state index < -0.39 is 11.7 Å². The number of nitrogens with zero attached hydrogens (tertiary/aromatic N) is 5. The third kappa shape index (κ3) is 3.33. The van der Waals surface area contributed by atoms with E-state index in [1.54, 1.807) is 4.68 Å². The molecule has 1 unspecified atom stereocenters. The van der Waals surface area contributed by atoms with Crippen LogP contribution < -0.4 is 0 Å². The number of para-hydroxylation sites is 1. The summed E-state index contributed by atoms with van der Waals surface area (Å²) in [5, 5.41) is 16.3. The Morgan fingerprint density at radius 3 is 2.36 bits per heavy atom. The highest BCUT2D eigenvalue weighted by Gasteiger charge is 2.29. The minimum absolute atomic E-state index is 0.00195. The van der Waals surface area contributed by atoms with Crippen LogP contribution >= 0.6 is 11.3 Å². The molecule has 0 aliphatic rings. The average Bonchev–Trinajstić information content (AvgIpc) is 3.37. The maximum Gasteiger partial charge on any atom is 0.225 e. The number of Topliss-reactive ketones (excluding diaryl/α,β-unsaturated/α-hetero) is 1. The minimum atomic E-state index is -1.02. The maximum atomic E-state index is 13.0. The molecule has 7 heteroatoms. The first kappa shape index (κ1) is 17.8. The number of aromatic nitrogens is 4. The molecular formula is C21H15N5OS. The molecule has 0 radical (unpaired) electrons. The van der Waals surface area contributed by atoms with E-state index in [2.05, 4.69) is 15.1 Å². The first-order valence-corrected chi connectivity index (χ1v) is 9.49. The predicted molar refractivity (Wildman–Crippen MR) is 106 cm³/mol. The summed E-state index contributed by atoms with van der Waals surface area (Å²) >= 11 is 1.29. The Hall–Kier alpha value is -3.63. The molecule has 136 valence electrons. The second kappa shape index (κ2) is 7.55. The molecule has 0 N–H and O–H groups in total. The van der Waals surface area contributed by atoms with Gasteiger partial charge in [0.2, 0.25) is 11.6 Å². The smallest absolute Gasteiger partial charge is 0.225 e. The second-order valence-electron chi connectivity index (χ2n) is 6.13. The fourth-order valence-electron chi connectivity index (χ4n) is 2.80. The highest BCUT2D eigenvalue weighted by molar-refractivity contribution is 7.10. The molecule has 2 heterocycles. The summed E-state index contributed by atoms with van der Waals surface area (Å²) < 4.78 is 1.63. The molecule has 4 rings (SSSR count).